The summed E-state index contributed by atoms with van der Waals surface area (Å²) in [5.41, 5.74) is 1.93. The highest BCUT2D eigenvalue weighted by atomic mass is 35.5. The van der Waals surface area contributed by atoms with Crippen molar-refractivity contribution in [3.05, 3.63) is 76.2 Å². The van der Waals surface area contributed by atoms with Gasteiger partial charge in [-0.25, -0.2) is 0 Å². The molecule has 1 aromatic heterocycles. The molecule has 152 valence electrons. The number of carbonyl (C=O) groups excluding carboxylic acids is 1. The molecule has 0 fully saturated rings. The average molecular weight is 422 g/mol. The molecule has 0 atom stereocenters. The third-order valence-corrected chi connectivity index (χ3v) is 4.49. The summed E-state index contributed by atoms with van der Waals surface area (Å²) >= 11 is 5.99. The SMILES string of the molecule is Cc1cc(OCc2ccc(C(=O)Nc3ccc(OC(F)F)cc3C)o2)ccc1Cl. The van der Waals surface area contributed by atoms with Crippen LogP contribution in [0.3, 0.4) is 0 Å². The summed E-state index contributed by atoms with van der Waals surface area (Å²) in [5.74, 6) is 0.758. The molecule has 5 nitrogen and oxygen atoms in total. The Balaban J connectivity index is 1.61. The molecule has 0 bridgehead atoms. The number of hydrogen-bond donors (Lipinski definition) is 1. The Morgan fingerprint density at radius 2 is 1.79 bits per heavy atom. The van der Waals surface area contributed by atoms with Crippen LogP contribution in [0.1, 0.15) is 27.4 Å². The highest BCUT2D eigenvalue weighted by Crippen LogP contribution is 2.24. The quantitative estimate of drug-likeness (QED) is 0.509. The minimum absolute atomic E-state index is 0.0189. The number of anilines is 1. The van der Waals surface area contributed by atoms with E-state index in [9.17, 15) is 13.6 Å². The van der Waals surface area contributed by atoms with Crippen LogP contribution in [0.2, 0.25) is 5.02 Å². The van der Waals surface area contributed by atoms with Crippen molar-refractivity contribution < 1.29 is 27.5 Å². The van der Waals surface area contributed by atoms with Gasteiger partial charge in [0, 0.05) is 10.7 Å². The number of halogens is 3. The summed E-state index contributed by atoms with van der Waals surface area (Å²) in [6, 6.07) is 12.7. The van der Waals surface area contributed by atoms with E-state index in [1.807, 2.05) is 13.0 Å². The molecule has 0 spiro atoms. The van der Waals surface area contributed by atoms with E-state index in [-0.39, 0.29) is 18.1 Å². The molecule has 2 aromatic carbocycles. The number of nitrogens with one attached hydrogen (secondary N) is 1. The Morgan fingerprint density at radius 1 is 1.07 bits per heavy atom. The van der Waals surface area contributed by atoms with Crippen molar-refractivity contribution in [3.8, 4) is 11.5 Å². The average Bonchev–Trinajstić information content (AvgIpc) is 3.13. The fourth-order valence-corrected chi connectivity index (χ4v) is 2.69. The fraction of sp³-hybridized carbons (Fsp3) is 0.190. The van der Waals surface area contributed by atoms with Crippen LogP contribution in [0.25, 0.3) is 0 Å². The second kappa shape index (κ2) is 8.96. The molecule has 0 saturated carbocycles. The largest absolute Gasteiger partial charge is 0.486 e. The summed E-state index contributed by atoms with van der Waals surface area (Å²) in [4.78, 5) is 12.4. The minimum Gasteiger partial charge on any atom is -0.486 e. The first-order valence-corrected chi connectivity index (χ1v) is 9.04. The van der Waals surface area contributed by atoms with Gasteiger partial charge in [0.1, 0.15) is 23.9 Å². The van der Waals surface area contributed by atoms with Crippen LogP contribution in [0.4, 0.5) is 14.5 Å². The summed E-state index contributed by atoms with van der Waals surface area (Å²) in [6.07, 6.45) is 0. The van der Waals surface area contributed by atoms with Gasteiger partial charge in [-0.15, -0.1) is 0 Å². The number of benzene rings is 2. The Hall–Kier alpha value is -3.06. The van der Waals surface area contributed by atoms with Crippen molar-refractivity contribution in [1.82, 2.24) is 0 Å². The molecule has 0 aliphatic heterocycles. The van der Waals surface area contributed by atoms with Gasteiger partial charge in [-0.3, -0.25) is 4.79 Å². The van der Waals surface area contributed by atoms with Crippen LogP contribution in [-0.2, 0) is 6.61 Å². The van der Waals surface area contributed by atoms with Crippen LogP contribution in [0.5, 0.6) is 11.5 Å². The van der Waals surface area contributed by atoms with E-state index in [1.165, 1.54) is 24.3 Å². The van der Waals surface area contributed by atoms with Crippen LogP contribution in [-0.4, -0.2) is 12.5 Å². The van der Waals surface area contributed by atoms with Crippen molar-refractivity contribution in [2.75, 3.05) is 5.32 Å². The van der Waals surface area contributed by atoms with Gasteiger partial charge in [-0.1, -0.05) is 11.6 Å². The van der Waals surface area contributed by atoms with Gasteiger partial charge in [0.05, 0.1) is 0 Å². The summed E-state index contributed by atoms with van der Waals surface area (Å²) < 4.78 is 40.1. The molecule has 1 heterocycles. The predicted molar refractivity (Wildman–Crippen MR) is 105 cm³/mol. The minimum atomic E-state index is -2.91. The van der Waals surface area contributed by atoms with E-state index in [1.54, 1.807) is 25.1 Å². The van der Waals surface area contributed by atoms with Gasteiger partial charge in [0.25, 0.3) is 5.91 Å². The van der Waals surface area contributed by atoms with Gasteiger partial charge < -0.3 is 19.2 Å². The number of ether oxygens (including phenoxy) is 2. The van der Waals surface area contributed by atoms with Crippen molar-refractivity contribution in [3.63, 3.8) is 0 Å². The molecule has 3 aromatic rings. The van der Waals surface area contributed by atoms with Crippen molar-refractivity contribution in [2.24, 2.45) is 0 Å². The zero-order valence-corrected chi connectivity index (χ0v) is 16.4. The molecule has 1 amide bonds. The second-order valence-electron chi connectivity index (χ2n) is 6.27. The molecule has 29 heavy (non-hydrogen) atoms. The van der Waals surface area contributed by atoms with Gasteiger partial charge >= 0.3 is 6.61 Å². The lowest BCUT2D eigenvalue weighted by Crippen LogP contribution is -2.12. The van der Waals surface area contributed by atoms with Crippen LogP contribution in [0, 0.1) is 13.8 Å². The molecule has 0 radical (unpaired) electrons. The van der Waals surface area contributed by atoms with Crippen molar-refractivity contribution in [1.29, 1.82) is 0 Å². The number of hydrogen-bond acceptors (Lipinski definition) is 4. The van der Waals surface area contributed by atoms with Crippen LogP contribution in [0.15, 0.2) is 52.9 Å². The molecule has 8 heteroatoms. The van der Waals surface area contributed by atoms with Crippen LogP contribution < -0.4 is 14.8 Å². The summed E-state index contributed by atoms with van der Waals surface area (Å²) in [5, 5.41) is 3.33. The number of carbonyl (C=O) groups is 1. The number of rotatable bonds is 7. The van der Waals surface area contributed by atoms with Gasteiger partial charge in [-0.2, -0.15) is 8.78 Å². The first kappa shape index (κ1) is 20.7. The van der Waals surface area contributed by atoms with E-state index in [0.29, 0.717) is 27.8 Å². The third kappa shape index (κ3) is 5.48. The van der Waals surface area contributed by atoms with Crippen LogP contribution >= 0.6 is 11.6 Å². The maximum atomic E-state index is 12.4. The van der Waals surface area contributed by atoms with Gasteiger partial charge in [-0.05, 0) is 73.5 Å². The zero-order chi connectivity index (χ0) is 21.0. The van der Waals surface area contributed by atoms with Crippen molar-refractivity contribution >= 4 is 23.2 Å². The van der Waals surface area contributed by atoms with E-state index >= 15 is 0 Å². The third-order valence-electron chi connectivity index (χ3n) is 4.07. The number of aryl methyl sites for hydroxylation is 2. The number of amides is 1. The topological polar surface area (TPSA) is 60.7 Å². The molecule has 3 rings (SSSR count). The lowest BCUT2D eigenvalue weighted by molar-refractivity contribution is -0.0498. The first-order valence-electron chi connectivity index (χ1n) is 8.66. The zero-order valence-electron chi connectivity index (χ0n) is 15.7. The normalized spacial score (nSPS) is 10.8. The lowest BCUT2D eigenvalue weighted by atomic mass is 10.2. The smallest absolute Gasteiger partial charge is 0.387 e. The summed E-state index contributed by atoms with van der Waals surface area (Å²) in [7, 11) is 0. The molecule has 0 saturated heterocycles. The predicted octanol–water partition coefficient (Wildman–Crippen LogP) is 5.98. The van der Waals surface area contributed by atoms with E-state index < -0.39 is 12.5 Å². The Kier molecular flexibility index (Phi) is 6.39. The Labute approximate surface area is 171 Å². The molecule has 1 N–H and O–H groups in total. The monoisotopic (exact) mass is 421 g/mol. The Bertz CT molecular complexity index is 1020. The fourth-order valence-electron chi connectivity index (χ4n) is 2.58. The standard InChI is InChI=1S/C21H18ClF2NO4/c1-12-9-14(3-6-17(12)22)27-11-16-5-8-19(28-16)20(26)25-18-7-4-15(10-13(18)2)29-21(23)24/h3-10,21H,11H2,1-2H3,(H,25,26). The molecule has 0 aliphatic carbocycles. The summed E-state index contributed by atoms with van der Waals surface area (Å²) in [6.45, 7) is 0.783. The maximum Gasteiger partial charge on any atom is 0.387 e. The second-order valence-corrected chi connectivity index (χ2v) is 6.68. The first-order chi connectivity index (χ1) is 13.8. The van der Waals surface area contributed by atoms with E-state index in [2.05, 4.69) is 10.1 Å². The molecular formula is C21H18ClF2NO4. The lowest BCUT2D eigenvalue weighted by Gasteiger charge is -2.10. The number of furan rings is 1. The number of alkyl halides is 2. The van der Waals surface area contributed by atoms with Crippen molar-refractivity contribution in [2.45, 2.75) is 27.1 Å². The van der Waals surface area contributed by atoms with Gasteiger partial charge in [0.15, 0.2) is 5.76 Å². The van der Waals surface area contributed by atoms with Gasteiger partial charge in [0.2, 0.25) is 0 Å². The molecular weight excluding hydrogens is 404 g/mol. The highest BCUT2D eigenvalue weighted by molar-refractivity contribution is 6.31. The highest BCUT2D eigenvalue weighted by Gasteiger charge is 2.14. The maximum absolute atomic E-state index is 12.4. The molecule has 0 aliphatic rings. The van der Waals surface area contributed by atoms with E-state index in [0.717, 1.165) is 5.56 Å². The molecule has 0 unspecified atom stereocenters. The van der Waals surface area contributed by atoms with E-state index in [4.69, 9.17) is 20.8 Å². The Morgan fingerprint density at radius 3 is 2.48 bits per heavy atom.